The lowest BCUT2D eigenvalue weighted by Crippen LogP contribution is -1.93. The smallest absolute Gasteiger partial charge is 0.178 e. The lowest BCUT2D eigenvalue weighted by atomic mass is 10.1. The van der Waals surface area contributed by atoms with E-state index in [0.29, 0.717) is 12.1 Å². The average molecular weight is 248 g/mol. The number of nitrogen functional groups attached to an aromatic ring is 1. The summed E-state index contributed by atoms with van der Waals surface area (Å²) in [5, 5.41) is 16.4. The maximum Gasteiger partial charge on any atom is 0.178 e. The molecule has 1 aromatic carbocycles. The molecule has 0 saturated carbocycles. The summed E-state index contributed by atoms with van der Waals surface area (Å²) in [5.74, 6) is 0. The van der Waals surface area contributed by atoms with Crippen LogP contribution in [0.15, 0.2) is 32.9 Å². The zero-order valence-electron chi connectivity index (χ0n) is 8.25. The molecule has 2 rings (SSSR count). The highest BCUT2D eigenvalue weighted by Gasteiger charge is 2.04. The van der Waals surface area contributed by atoms with Crippen LogP contribution >= 0.6 is 23.1 Å². The van der Waals surface area contributed by atoms with E-state index in [2.05, 4.69) is 16.3 Å². The van der Waals surface area contributed by atoms with Crippen LogP contribution in [0.1, 0.15) is 5.56 Å². The van der Waals surface area contributed by atoms with Gasteiger partial charge < -0.3 is 5.73 Å². The second kappa shape index (κ2) is 4.96. The lowest BCUT2D eigenvalue weighted by molar-refractivity contribution is 1.01. The molecular weight excluding hydrogens is 240 g/mol. The minimum Gasteiger partial charge on any atom is -0.398 e. The summed E-state index contributed by atoms with van der Waals surface area (Å²) >= 11 is 3.01. The van der Waals surface area contributed by atoms with Crippen LogP contribution in [0.3, 0.4) is 0 Å². The molecular formula is C10H8N4S2. The zero-order valence-corrected chi connectivity index (χ0v) is 9.88. The molecule has 0 unspecified atom stereocenters. The Hall–Kier alpha value is -1.58. The van der Waals surface area contributed by atoms with Gasteiger partial charge in [0, 0.05) is 10.6 Å². The third-order valence-electron chi connectivity index (χ3n) is 1.93. The molecule has 1 heterocycles. The Bertz CT molecular complexity index is 516. The Kier molecular flexibility index (Phi) is 3.39. The summed E-state index contributed by atoms with van der Waals surface area (Å²) in [6.07, 6.45) is 0.330. The van der Waals surface area contributed by atoms with E-state index in [1.807, 2.05) is 18.2 Å². The van der Waals surface area contributed by atoms with Crippen LogP contribution < -0.4 is 5.73 Å². The van der Waals surface area contributed by atoms with Crippen molar-refractivity contribution in [1.82, 2.24) is 10.2 Å². The van der Waals surface area contributed by atoms with Crippen molar-refractivity contribution in [1.29, 1.82) is 5.26 Å². The number of rotatable bonds is 3. The Balaban J connectivity index is 2.23. The molecule has 0 fully saturated rings. The van der Waals surface area contributed by atoms with Crippen LogP contribution in [0.4, 0.5) is 5.69 Å². The average Bonchev–Trinajstić information content (AvgIpc) is 2.76. The van der Waals surface area contributed by atoms with Crippen molar-refractivity contribution in [2.24, 2.45) is 0 Å². The standard InChI is InChI=1S/C10H8N4S2/c11-4-3-7-5-8(1-2-9(7)12)16-10-14-13-6-15-10/h1-2,5-6H,3,12H2. The second-order valence-electron chi connectivity index (χ2n) is 3.00. The fraction of sp³-hybridized carbons (Fsp3) is 0.100. The van der Waals surface area contributed by atoms with E-state index >= 15 is 0 Å². The maximum absolute atomic E-state index is 8.66. The van der Waals surface area contributed by atoms with Crippen LogP contribution in [0, 0.1) is 11.3 Å². The molecule has 2 N–H and O–H groups in total. The summed E-state index contributed by atoms with van der Waals surface area (Å²) in [5.41, 5.74) is 8.97. The number of hydrogen-bond donors (Lipinski definition) is 1. The zero-order chi connectivity index (χ0) is 11.4. The summed E-state index contributed by atoms with van der Waals surface area (Å²) in [4.78, 5) is 1.02. The van der Waals surface area contributed by atoms with Gasteiger partial charge >= 0.3 is 0 Å². The predicted octanol–water partition coefficient (Wildman–Crippen LogP) is 2.34. The van der Waals surface area contributed by atoms with Crippen molar-refractivity contribution in [2.45, 2.75) is 15.7 Å². The van der Waals surface area contributed by atoms with E-state index in [4.69, 9.17) is 11.0 Å². The molecule has 4 nitrogen and oxygen atoms in total. The molecule has 0 bridgehead atoms. The van der Waals surface area contributed by atoms with Gasteiger partial charge in [-0.1, -0.05) is 23.1 Å². The normalized spacial score (nSPS) is 9.94. The van der Waals surface area contributed by atoms with Gasteiger partial charge in [-0.15, -0.1) is 10.2 Å². The number of hydrogen-bond acceptors (Lipinski definition) is 6. The second-order valence-corrected chi connectivity index (χ2v) is 5.16. The van der Waals surface area contributed by atoms with Crippen molar-refractivity contribution in [3.05, 3.63) is 29.3 Å². The SMILES string of the molecule is N#CCc1cc(Sc2nncs2)ccc1N. The molecule has 0 aliphatic rings. The quantitative estimate of drug-likeness (QED) is 0.844. The fourth-order valence-corrected chi connectivity index (χ4v) is 2.71. The molecule has 0 saturated heterocycles. The highest BCUT2D eigenvalue weighted by Crippen LogP contribution is 2.30. The number of benzene rings is 1. The van der Waals surface area contributed by atoms with Crippen molar-refractivity contribution in [2.75, 3.05) is 5.73 Å². The minimum atomic E-state index is 0.330. The third-order valence-corrected chi connectivity index (χ3v) is 3.70. The molecule has 6 heteroatoms. The predicted molar refractivity (Wildman–Crippen MR) is 64.2 cm³/mol. The molecule has 0 aliphatic carbocycles. The van der Waals surface area contributed by atoms with Crippen LogP contribution in [0.2, 0.25) is 0 Å². The summed E-state index contributed by atoms with van der Waals surface area (Å²) in [7, 11) is 0. The highest BCUT2D eigenvalue weighted by molar-refractivity contribution is 8.01. The molecule has 80 valence electrons. The summed E-state index contributed by atoms with van der Waals surface area (Å²) < 4.78 is 0.882. The molecule has 0 radical (unpaired) electrons. The highest BCUT2D eigenvalue weighted by atomic mass is 32.2. The first kappa shape index (κ1) is 10.9. The molecule has 0 spiro atoms. The molecule has 1 aromatic heterocycles. The van der Waals surface area contributed by atoms with Crippen LogP contribution in [-0.2, 0) is 6.42 Å². The third kappa shape index (κ3) is 2.51. The lowest BCUT2D eigenvalue weighted by Gasteiger charge is -2.03. The van der Waals surface area contributed by atoms with Gasteiger partial charge in [0.15, 0.2) is 4.34 Å². The largest absolute Gasteiger partial charge is 0.398 e. The Morgan fingerprint density at radius 2 is 2.38 bits per heavy atom. The van der Waals surface area contributed by atoms with Crippen molar-refractivity contribution < 1.29 is 0 Å². The monoisotopic (exact) mass is 248 g/mol. The van der Waals surface area contributed by atoms with E-state index in [9.17, 15) is 0 Å². The number of nitrogens with two attached hydrogens (primary N) is 1. The fourth-order valence-electron chi connectivity index (χ4n) is 1.19. The van der Waals surface area contributed by atoms with Gasteiger partial charge in [-0.2, -0.15) is 5.26 Å². The summed E-state index contributed by atoms with van der Waals surface area (Å²) in [6, 6.07) is 7.75. The van der Waals surface area contributed by atoms with Gasteiger partial charge in [-0.25, -0.2) is 0 Å². The van der Waals surface area contributed by atoms with E-state index in [1.54, 1.807) is 5.51 Å². The molecule has 16 heavy (non-hydrogen) atoms. The molecule has 0 amide bonds. The summed E-state index contributed by atoms with van der Waals surface area (Å²) in [6.45, 7) is 0. The molecule has 2 aromatic rings. The van der Waals surface area contributed by atoms with Gasteiger partial charge in [0.25, 0.3) is 0 Å². The van der Waals surface area contributed by atoms with Gasteiger partial charge in [0.1, 0.15) is 5.51 Å². The van der Waals surface area contributed by atoms with Crippen molar-refractivity contribution in [3.63, 3.8) is 0 Å². The van der Waals surface area contributed by atoms with E-state index in [-0.39, 0.29) is 0 Å². The Labute approximate surface area is 101 Å². The Morgan fingerprint density at radius 1 is 1.50 bits per heavy atom. The number of aromatic nitrogens is 2. The molecule has 0 aliphatic heterocycles. The van der Waals surface area contributed by atoms with Gasteiger partial charge in [-0.3, -0.25) is 0 Å². The van der Waals surface area contributed by atoms with E-state index in [0.717, 1.165) is 14.8 Å². The van der Waals surface area contributed by atoms with Gasteiger partial charge in [0.2, 0.25) is 0 Å². The van der Waals surface area contributed by atoms with Crippen LogP contribution in [0.5, 0.6) is 0 Å². The first-order valence-electron chi connectivity index (χ1n) is 4.49. The van der Waals surface area contributed by atoms with Crippen molar-refractivity contribution in [3.8, 4) is 6.07 Å². The van der Waals surface area contributed by atoms with Gasteiger partial charge in [0.05, 0.1) is 12.5 Å². The van der Waals surface area contributed by atoms with Crippen molar-refractivity contribution >= 4 is 28.8 Å². The van der Waals surface area contributed by atoms with Gasteiger partial charge in [-0.05, 0) is 23.8 Å². The number of nitriles is 1. The number of anilines is 1. The Morgan fingerprint density at radius 3 is 3.06 bits per heavy atom. The van der Waals surface area contributed by atoms with E-state index in [1.165, 1.54) is 23.1 Å². The van der Waals surface area contributed by atoms with Crippen LogP contribution in [0.25, 0.3) is 0 Å². The van der Waals surface area contributed by atoms with E-state index < -0.39 is 0 Å². The first-order chi connectivity index (χ1) is 7.79. The molecule has 0 atom stereocenters. The maximum atomic E-state index is 8.66. The topological polar surface area (TPSA) is 75.6 Å². The first-order valence-corrected chi connectivity index (χ1v) is 6.18. The van der Waals surface area contributed by atoms with Crippen LogP contribution in [-0.4, -0.2) is 10.2 Å². The minimum absolute atomic E-state index is 0.330. The number of nitrogens with zero attached hydrogens (tertiary/aromatic N) is 3.